The summed E-state index contributed by atoms with van der Waals surface area (Å²) in [6.45, 7) is 6.06. The van der Waals surface area contributed by atoms with E-state index in [9.17, 15) is 0 Å². The quantitative estimate of drug-likeness (QED) is 0.404. The van der Waals surface area contributed by atoms with Crippen LogP contribution in [0, 0.1) is 18.8 Å². The molecule has 2 atom stereocenters. The van der Waals surface area contributed by atoms with Crippen LogP contribution in [-0.4, -0.2) is 0 Å². The van der Waals surface area contributed by atoms with Crippen LogP contribution in [0.1, 0.15) is 13.3 Å². The van der Waals surface area contributed by atoms with Gasteiger partial charge in [0.1, 0.15) is 0 Å². The maximum Gasteiger partial charge on any atom is -0.0386 e. The molecule has 0 saturated heterocycles. The minimum Gasteiger partial charge on any atom is -0.0622 e. The van der Waals surface area contributed by atoms with Crippen LogP contribution in [0.25, 0.3) is 0 Å². The normalized spacial score (nSPS) is 49.2. The minimum absolute atomic E-state index is 0.801. The van der Waals surface area contributed by atoms with Crippen molar-refractivity contribution in [3.8, 4) is 0 Å². The molecule has 0 heterocycles. The van der Waals surface area contributed by atoms with E-state index in [2.05, 4.69) is 13.8 Å². The van der Waals surface area contributed by atoms with Crippen molar-refractivity contribution in [1.29, 1.82) is 0 Å². The smallest absolute Gasteiger partial charge is 0.0386 e. The first-order chi connectivity index (χ1) is 2.30. The SMILES string of the molecule is [CH2][C@H]1C[C@@H]1C. The van der Waals surface area contributed by atoms with Gasteiger partial charge in [-0.25, -0.2) is 0 Å². The Hall–Kier alpha value is 0. The third-order valence-electron chi connectivity index (χ3n) is 1.28. The Morgan fingerprint density at radius 2 is 2.00 bits per heavy atom. The summed E-state index contributed by atoms with van der Waals surface area (Å²) in [5.41, 5.74) is 0. The van der Waals surface area contributed by atoms with Gasteiger partial charge in [0.2, 0.25) is 0 Å². The lowest BCUT2D eigenvalue weighted by Gasteiger charge is -1.66. The Kier molecular flexibility index (Phi) is 0.470. The van der Waals surface area contributed by atoms with Crippen molar-refractivity contribution >= 4 is 0 Å². The second-order valence-electron chi connectivity index (χ2n) is 1.97. The van der Waals surface area contributed by atoms with Crippen molar-refractivity contribution in [2.24, 2.45) is 11.8 Å². The molecule has 0 amide bonds. The molecule has 1 saturated carbocycles. The molecular weight excluding hydrogens is 60.1 g/mol. The van der Waals surface area contributed by atoms with E-state index < -0.39 is 0 Å². The van der Waals surface area contributed by atoms with Gasteiger partial charge < -0.3 is 0 Å². The Labute approximate surface area is 33.2 Å². The van der Waals surface area contributed by atoms with Crippen LogP contribution in [0.5, 0.6) is 0 Å². The highest BCUT2D eigenvalue weighted by Gasteiger charge is 2.26. The lowest BCUT2D eigenvalue weighted by Crippen LogP contribution is -1.59. The topological polar surface area (TPSA) is 0 Å². The Morgan fingerprint density at radius 1 is 1.80 bits per heavy atom. The van der Waals surface area contributed by atoms with Gasteiger partial charge >= 0.3 is 0 Å². The Bertz CT molecular complexity index is 33.3. The lowest BCUT2D eigenvalue weighted by atomic mass is 10.4. The second-order valence-corrected chi connectivity index (χ2v) is 1.97. The van der Waals surface area contributed by atoms with Crippen LogP contribution in [0.4, 0.5) is 0 Å². The molecule has 0 unspecified atom stereocenters. The summed E-state index contributed by atoms with van der Waals surface area (Å²) in [7, 11) is 0. The van der Waals surface area contributed by atoms with Crippen molar-refractivity contribution in [3.63, 3.8) is 0 Å². The summed E-state index contributed by atoms with van der Waals surface area (Å²) in [4.78, 5) is 0. The lowest BCUT2D eigenvalue weighted by molar-refractivity contribution is 0.897. The summed E-state index contributed by atoms with van der Waals surface area (Å²) < 4.78 is 0. The molecule has 0 heteroatoms. The molecule has 0 aromatic rings. The molecule has 0 N–H and O–H groups in total. The molecule has 1 radical (unpaired) electrons. The van der Waals surface area contributed by atoms with Gasteiger partial charge in [-0.15, -0.1) is 0 Å². The molecule has 0 spiro atoms. The van der Waals surface area contributed by atoms with E-state index in [0.717, 1.165) is 11.8 Å². The van der Waals surface area contributed by atoms with Crippen molar-refractivity contribution in [2.45, 2.75) is 13.3 Å². The zero-order valence-electron chi connectivity index (χ0n) is 3.57. The highest BCUT2D eigenvalue weighted by molar-refractivity contribution is 4.83. The predicted molar refractivity (Wildman–Crippen MR) is 22.6 cm³/mol. The molecule has 1 aliphatic rings. The minimum atomic E-state index is 0.801. The molecule has 29 valence electrons. The zero-order chi connectivity index (χ0) is 3.86. The summed E-state index contributed by atoms with van der Waals surface area (Å²) in [6.07, 6.45) is 1.36. The van der Waals surface area contributed by atoms with Crippen LogP contribution in [0.15, 0.2) is 0 Å². The highest BCUT2D eigenvalue weighted by Crippen LogP contribution is 2.35. The molecule has 0 nitrogen and oxygen atoms in total. The van der Waals surface area contributed by atoms with E-state index in [4.69, 9.17) is 0 Å². The van der Waals surface area contributed by atoms with Gasteiger partial charge in [-0.1, -0.05) is 6.92 Å². The molecule has 0 aromatic carbocycles. The van der Waals surface area contributed by atoms with Gasteiger partial charge in [-0.3, -0.25) is 0 Å². The van der Waals surface area contributed by atoms with Crippen LogP contribution < -0.4 is 0 Å². The predicted octanol–water partition coefficient (Wildman–Crippen LogP) is 1.48. The van der Waals surface area contributed by atoms with Gasteiger partial charge in [-0.05, 0) is 25.2 Å². The zero-order valence-corrected chi connectivity index (χ0v) is 3.57. The van der Waals surface area contributed by atoms with Crippen LogP contribution >= 0.6 is 0 Å². The number of hydrogen-bond acceptors (Lipinski definition) is 0. The summed E-state index contributed by atoms with van der Waals surface area (Å²) in [5, 5.41) is 0. The largest absolute Gasteiger partial charge is 0.0622 e. The van der Waals surface area contributed by atoms with Gasteiger partial charge in [0, 0.05) is 0 Å². The molecule has 1 aliphatic carbocycles. The fraction of sp³-hybridized carbons (Fsp3) is 0.800. The van der Waals surface area contributed by atoms with Gasteiger partial charge in [0.25, 0.3) is 0 Å². The molecule has 1 fully saturated rings. The van der Waals surface area contributed by atoms with E-state index in [1.165, 1.54) is 6.42 Å². The summed E-state index contributed by atoms with van der Waals surface area (Å²) >= 11 is 0. The first-order valence-corrected chi connectivity index (χ1v) is 2.14. The van der Waals surface area contributed by atoms with Crippen LogP contribution in [-0.2, 0) is 0 Å². The summed E-state index contributed by atoms with van der Waals surface area (Å²) in [5.74, 6) is 1.74. The Morgan fingerprint density at radius 3 is 2.00 bits per heavy atom. The van der Waals surface area contributed by atoms with Crippen molar-refractivity contribution in [1.82, 2.24) is 0 Å². The molecule has 5 heavy (non-hydrogen) atoms. The Balaban J connectivity index is 2.20. The number of hydrogen-bond donors (Lipinski definition) is 0. The molecule has 0 bridgehead atoms. The van der Waals surface area contributed by atoms with Crippen molar-refractivity contribution in [2.75, 3.05) is 0 Å². The van der Waals surface area contributed by atoms with Gasteiger partial charge in [0.05, 0.1) is 0 Å². The standard InChI is InChI=1S/C5H9/c1-4-3-5(4)2/h4-5H,1,3H2,2H3/t4-,5-/m0/s1. The average molecular weight is 69.1 g/mol. The van der Waals surface area contributed by atoms with Crippen molar-refractivity contribution < 1.29 is 0 Å². The number of rotatable bonds is 0. The van der Waals surface area contributed by atoms with E-state index in [0.29, 0.717) is 0 Å². The van der Waals surface area contributed by atoms with Crippen LogP contribution in [0.2, 0.25) is 0 Å². The average Bonchev–Trinajstić information content (AvgIpc) is 1.79. The highest BCUT2D eigenvalue weighted by atomic mass is 14.3. The molecule has 0 aromatic heterocycles. The van der Waals surface area contributed by atoms with Crippen molar-refractivity contribution in [3.05, 3.63) is 6.92 Å². The first-order valence-electron chi connectivity index (χ1n) is 2.14. The fourth-order valence-corrected chi connectivity index (χ4v) is 0.399. The molecule has 1 rings (SSSR count). The second kappa shape index (κ2) is 0.735. The van der Waals surface area contributed by atoms with E-state index in [1.807, 2.05) is 0 Å². The van der Waals surface area contributed by atoms with Crippen LogP contribution in [0.3, 0.4) is 0 Å². The molecular formula is C5H9. The summed E-state index contributed by atoms with van der Waals surface area (Å²) in [6, 6.07) is 0. The van der Waals surface area contributed by atoms with Gasteiger partial charge in [0.15, 0.2) is 0 Å². The molecule has 0 aliphatic heterocycles. The third-order valence-corrected chi connectivity index (χ3v) is 1.28. The first kappa shape index (κ1) is 3.20. The fourth-order valence-electron chi connectivity index (χ4n) is 0.399. The van der Waals surface area contributed by atoms with E-state index in [1.54, 1.807) is 0 Å². The maximum atomic E-state index is 3.83. The van der Waals surface area contributed by atoms with E-state index >= 15 is 0 Å². The van der Waals surface area contributed by atoms with Gasteiger partial charge in [-0.2, -0.15) is 0 Å². The maximum absolute atomic E-state index is 3.83. The monoisotopic (exact) mass is 69.1 g/mol. The third kappa shape index (κ3) is 0.444. The van der Waals surface area contributed by atoms with E-state index in [-0.39, 0.29) is 0 Å².